The van der Waals surface area contributed by atoms with Crippen molar-refractivity contribution in [3.63, 3.8) is 0 Å². The highest BCUT2D eigenvalue weighted by Crippen LogP contribution is 2.32. The molecule has 21 heavy (non-hydrogen) atoms. The van der Waals surface area contributed by atoms with Crippen molar-refractivity contribution in [1.29, 1.82) is 0 Å². The number of rotatable bonds is 6. The Labute approximate surface area is 138 Å². The average molecular weight is 369 g/mol. The highest BCUT2D eigenvalue weighted by molar-refractivity contribution is 9.10. The van der Waals surface area contributed by atoms with Crippen LogP contribution in [0, 0.1) is 0 Å². The monoisotopic (exact) mass is 368 g/mol. The highest BCUT2D eigenvalue weighted by atomic mass is 79.9. The summed E-state index contributed by atoms with van der Waals surface area (Å²) in [7, 11) is 2.04. The molecule has 0 aliphatic carbocycles. The molecule has 0 radical (unpaired) electrons. The molecule has 1 aromatic carbocycles. The first-order valence-corrected chi connectivity index (χ1v) is 8.72. The van der Waals surface area contributed by atoms with Crippen LogP contribution >= 0.6 is 27.3 Å². The largest absolute Gasteiger partial charge is 0.391 e. The Kier molecular flexibility index (Phi) is 5.79. The van der Waals surface area contributed by atoms with E-state index in [0.717, 1.165) is 33.1 Å². The third-order valence-corrected chi connectivity index (χ3v) is 5.24. The van der Waals surface area contributed by atoms with Crippen molar-refractivity contribution >= 4 is 32.4 Å². The summed E-state index contributed by atoms with van der Waals surface area (Å²) in [6, 6.07) is 8.29. The number of hydrogen-bond acceptors (Lipinski definition) is 4. The molecule has 0 aliphatic rings. The molecule has 0 saturated carbocycles. The van der Waals surface area contributed by atoms with Crippen LogP contribution in [0.25, 0.3) is 0 Å². The summed E-state index contributed by atoms with van der Waals surface area (Å²) in [5.41, 5.74) is 2.28. The zero-order valence-electron chi connectivity index (χ0n) is 12.6. The Hall–Kier alpha value is -0.910. The maximum atomic E-state index is 9.53. The number of halogens is 1. The fourth-order valence-electron chi connectivity index (χ4n) is 2.18. The van der Waals surface area contributed by atoms with Crippen molar-refractivity contribution in [3.05, 3.63) is 44.9 Å². The Morgan fingerprint density at radius 3 is 2.81 bits per heavy atom. The number of thiazole rings is 1. The number of aromatic nitrogens is 1. The SMILES string of the molecule is CCC(C)c1nc(N(C)Cc2cccc(Br)c2)sc1CO. The summed E-state index contributed by atoms with van der Waals surface area (Å²) in [5.74, 6) is 0.386. The first-order chi connectivity index (χ1) is 10.0. The van der Waals surface area contributed by atoms with E-state index in [4.69, 9.17) is 4.98 Å². The highest BCUT2D eigenvalue weighted by Gasteiger charge is 2.17. The first-order valence-electron chi connectivity index (χ1n) is 7.11. The maximum Gasteiger partial charge on any atom is 0.185 e. The van der Waals surface area contributed by atoms with Gasteiger partial charge >= 0.3 is 0 Å². The molecule has 2 aromatic rings. The van der Waals surface area contributed by atoms with Crippen molar-refractivity contribution in [2.24, 2.45) is 0 Å². The van der Waals surface area contributed by atoms with Crippen molar-refractivity contribution in [3.8, 4) is 0 Å². The molecule has 0 amide bonds. The lowest BCUT2D eigenvalue weighted by Gasteiger charge is -2.16. The Balaban J connectivity index is 2.19. The lowest BCUT2D eigenvalue weighted by Crippen LogP contribution is -2.16. The Bertz CT molecular complexity index is 600. The van der Waals surface area contributed by atoms with Crippen LogP contribution in [0.4, 0.5) is 5.13 Å². The molecule has 0 bridgehead atoms. The van der Waals surface area contributed by atoms with E-state index < -0.39 is 0 Å². The van der Waals surface area contributed by atoms with Gasteiger partial charge in [-0.1, -0.05) is 53.2 Å². The van der Waals surface area contributed by atoms with E-state index in [1.165, 1.54) is 5.56 Å². The van der Waals surface area contributed by atoms with Crippen LogP contribution in [0.5, 0.6) is 0 Å². The second-order valence-electron chi connectivity index (χ2n) is 5.26. The van der Waals surface area contributed by atoms with Gasteiger partial charge in [0.25, 0.3) is 0 Å². The number of anilines is 1. The molecule has 0 fully saturated rings. The summed E-state index contributed by atoms with van der Waals surface area (Å²) < 4.78 is 1.09. The Morgan fingerprint density at radius 2 is 2.19 bits per heavy atom. The summed E-state index contributed by atoms with van der Waals surface area (Å²) in [4.78, 5) is 7.87. The molecule has 114 valence electrons. The van der Waals surface area contributed by atoms with Crippen molar-refractivity contribution in [1.82, 2.24) is 4.98 Å². The van der Waals surface area contributed by atoms with Gasteiger partial charge < -0.3 is 10.0 Å². The van der Waals surface area contributed by atoms with Crippen LogP contribution in [-0.4, -0.2) is 17.1 Å². The molecule has 1 unspecified atom stereocenters. The summed E-state index contributed by atoms with van der Waals surface area (Å²) in [5, 5.41) is 10.5. The number of benzene rings is 1. The molecule has 0 saturated heterocycles. The number of hydrogen-bond donors (Lipinski definition) is 1. The van der Waals surface area contributed by atoms with Crippen LogP contribution in [0.15, 0.2) is 28.7 Å². The van der Waals surface area contributed by atoms with E-state index in [9.17, 15) is 5.11 Å². The fraction of sp³-hybridized carbons (Fsp3) is 0.438. The molecular weight excluding hydrogens is 348 g/mol. The average Bonchev–Trinajstić information content (AvgIpc) is 2.90. The minimum Gasteiger partial charge on any atom is -0.391 e. The van der Waals surface area contributed by atoms with Crippen molar-refractivity contribution in [2.45, 2.75) is 39.3 Å². The van der Waals surface area contributed by atoms with E-state index in [-0.39, 0.29) is 6.61 Å². The zero-order valence-corrected chi connectivity index (χ0v) is 15.0. The van der Waals surface area contributed by atoms with Gasteiger partial charge in [-0.25, -0.2) is 4.98 Å². The van der Waals surface area contributed by atoms with Gasteiger partial charge in [0.2, 0.25) is 0 Å². The maximum absolute atomic E-state index is 9.53. The van der Waals surface area contributed by atoms with E-state index in [1.807, 2.05) is 19.2 Å². The molecule has 1 aromatic heterocycles. The molecule has 0 spiro atoms. The van der Waals surface area contributed by atoms with Gasteiger partial charge in [-0.3, -0.25) is 0 Å². The standard InChI is InChI=1S/C16H21BrN2OS/c1-4-11(2)15-14(10-20)21-16(18-15)19(3)9-12-6-5-7-13(17)8-12/h5-8,11,20H,4,9-10H2,1-3H3. The van der Waals surface area contributed by atoms with Gasteiger partial charge in [-0.2, -0.15) is 0 Å². The lowest BCUT2D eigenvalue weighted by atomic mass is 10.0. The summed E-state index contributed by atoms with van der Waals surface area (Å²) in [6.45, 7) is 5.18. The smallest absolute Gasteiger partial charge is 0.185 e. The van der Waals surface area contributed by atoms with Gasteiger partial charge in [0, 0.05) is 18.1 Å². The van der Waals surface area contributed by atoms with E-state index in [0.29, 0.717) is 5.92 Å². The Morgan fingerprint density at radius 1 is 1.43 bits per heavy atom. The second-order valence-corrected chi connectivity index (χ2v) is 7.24. The van der Waals surface area contributed by atoms with E-state index in [1.54, 1.807) is 11.3 Å². The van der Waals surface area contributed by atoms with Crippen molar-refractivity contribution in [2.75, 3.05) is 11.9 Å². The summed E-state index contributed by atoms with van der Waals surface area (Å²) in [6.07, 6.45) is 1.03. The predicted molar refractivity (Wildman–Crippen MR) is 93.0 cm³/mol. The molecule has 1 heterocycles. The van der Waals surface area contributed by atoms with Crippen LogP contribution in [-0.2, 0) is 13.2 Å². The van der Waals surface area contributed by atoms with E-state index >= 15 is 0 Å². The normalized spacial score (nSPS) is 12.4. The lowest BCUT2D eigenvalue weighted by molar-refractivity contribution is 0.283. The quantitative estimate of drug-likeness (QED) is 0.812. The first kappa shape index (κ1) is 16.5. The molecular formula is C16H21BrN2OS. The van der Waals surface area contributed by atoms with Crippen molar-refractivity contribution < 1.29 is 5.11 Å². The van der Waals surface area contributed by atoms with Crippen LogP contribution in [0.2, 0.25) is 0 Å². The third kappa shape index (κ3) is 4.05. The van der Waals surface area contributed by atoms with E-state index in [2.05, 4.69) is 46.8 Å². The number of aliphatic hydroxyl groups is 1. The molecule has 1 atom stereocenters. The summed E-state index contributed by atoms with van der Waals surface area (Å²) >= 11 is 5.09. The van der Waals surface area contributed by atoms with Gasteiger partial charge in [-0.05, 0) is 30.0 Å². The molecule has 1 N–H and O–H groups in total. The van der Waals surface area contributed by atoms with Crippen LogP contribution in [0.1, 0.15) is 42.3 Å². The predicted octanol–water partition coefficient (Wildman–Crippen LogP) is 4.55. The number of nitrogens with zero attached hydrogens (tertiary/aromatic N) is 2. The third-order valence-electron chi connectivity index (χ3n) is 3.57. The number of aliphatic hydroxyl groups excluding tert-OH is 1. The topological polar surface area (TPSA) is 36.4 Å². The second kappa shape index (κ2) is 7.38. The molecule has 2 rings (SSSR count). The van der Waals surface area contributed by atoms with Gasteiger partial charge in [0.15, 0.2) is 5.13 Å². The van der Waals surface area contributed by atoms with Gasteiger partial charge in [0.1, 0.15) is 0 Å². The zero-order chi connectivity index (χ0) is 15.4. The van der Waals surface area contributed by atoms with Crippen LogP contribution in [0.3, 0.4) is 0 Å². The van der Waals surface area contributed by atoms with Gasteiger partial charge in [0.05, 0.1) is 17.2 Å². The van der Waals surface area contributed by atoms with Gasteiger partial charge in [-0.15, -0.1) is 0 Å². The molecule has 5 heteroatoms. The van der Waals surface area contributed by atoms with Crippen LogP contribution < -0.4 is 4.90 Å². The fourth-order valence-corrected chi connectivity index (χ4v) is 3.63. The minimum atomic E-state index is 0.0715. The molecule has 3 nitrogen and oxygen atoms in total. The minimum absolute atomic E-state index is 0.0715. The molecule has 0 aliphatic heterocycles.